The van der Waals surface area contributed by atoms with Crippen LogP contribution in [0.1, 0.15) is 6.92 Å². The molecular formula is C6H6. The fraction of sp³-hybridized carbons (Fsp3) is 0.333. The molecule has 0 aromatic rings. The van der Waals surface area contributed by atoms with Crippen molar-refractivity contribution in [2.24, 2.45) is 5.92 Å². The highest BCUT2D eigenvalue weighted by Crippen LogP contribution is 1.82. The van der Waals surface area contributed by atoms with Gasteiger partial charge in [-0.15, -0.1) is 12.8 Å². The van der Waals surface area contributed by atoms with Gasteiger partial charge >= 0.3 is 0 Å². The van der Waals surface area contributed by atoms with Crippen molar-refractivity contribution in [2.45, 2.75) is 6.92 Å². The van der Waals surface area contributed by atoms with Crippen LogP contribution in [0.5, 0.6) is 0 Å². The molecule has 0 N–H and O–H groups in total. The quantitative estimate of drug-likeness (QED) is 0.377. The van der Waals surface area contributed by atoms with Gasteiger partial charge in [-0.05, 0) is 6.92 Å². The van der Waals surface area contributed by atoms with E-state index in [1.165, 1.54) is 0 Å². The maximum Gasteiger partial charge on any atom is 0.0778 e. The van der Waals surface area contributed by atoms with Gasteiger partial charge < -0.3 is 0 Å². The average Bonchev–Trinajstić information content (AvgIpc) is 1.65. The molecular weight excluding hydrogens is 72.1 g/mol. The highest BCUT2D eigenvalue weighted by atomic mass is 13.8. The normalized spacial score (nSPS) is 6.67. The Labute approximate surface area is 38.6 Å². The molecule has 0 fully saturated rings. The summed E-state index contributed by atoms with van der Waals surface area (Å²) in [6, 6.07) is 0. The van der Waals surface area contributed by atoms with Gasteiger partial charge in [0.15, 0.2) is 0 Å². The van der Waals surface area contributed by atoms with Gasteiger partial charge in [0.2, 0.25) is 0 Å². The molecule has 0 aromatic carbocycles. The Morgan fingerprint density at radius 2 is 1.67 bits per heavy atom. The lowest BCUT2D eigenvalue weighted by molar-refractivity contribution is 1.03. The largest absolute Gasteiger partial charge is 0.119 e. The maximum atomic E-state index is 4.89. The summed E-state index contributed by atoms with van der Waals surface area (Å²) in [5, 5.41) is 0. The van der Waals surface area contributed by atoms with Gasteiger partial charge in [-0.2, -0.15) is 0 Å². The summed E-state index contributed by atoms with van der Waals surface area (Å²) in [5.74, 6) is 4.75. The molecule has 0 amide bonds. The summed E-state index contributed by atoms with van der Waals surface area (Å²) in [6.07, 6.45) is 9.78. The Hall–Kier alpha value is -0.880. The third-order valence-corrected chi connectivity index (χ3v) is 0.500. The number of terminal acetylenes is 2. The van der Waals surface area contributed by atoms with E-state index in [1.54, 1.807) is 6.92 Å². The highest BCUT2D eigenvalue weighted by molar-refractivity contribution is 5.07. The molecule has 0 bridgehead atoms. The molecule has 0 spiro atoms. The zero-order valence-electron chi connectivity index (χ0n) is 3.73. The maximum absolute atomic E-state index is 4.89. The van der Waals surface area contributed by atoms with Crippen LogP contribution >= 0.6 is 0 Å². The van der Waals surface area contributed by atoms with Crippen molar-refractivity contribution in [2.75, 3.05) is 0 Å². The van der Waals surface area contributed by atoms with Crippen LogP contribution in [0.2, 0.25) is 0 Å². The van der Waals surface area contributed by atoms with E-state index in [0.717, 1.165) is 0 Å². The lowest BCUT2D eigenvalue weighted by Gasteiger charge is -1.81. The van der Waals surface area contributed by atoms with Crippen molar-refractivity contribution >= 4 is 0 Å². The van der Waals surface area contributed by atoms with Crippen LogP contribution in [-0.4, -0.2) is 0 Å². The van der Waals surface area contributed by atoms with Crippen molar-refractivity contribution in [3.05, 3.63) is 0 Å². The molecule has 0 heteroatoms. The average molecular weight is 78.1 g/mol. The molecule has 0 rings (SSSR count). The zero-order valence-corrected chi connectivity index (χ0v) is 3.73. The molecule has 0 radical (unpaired) electrons. The van der Waals surface area contributed by atoms with Gasteiger partial charge in [-0.3, -0.25) is 0 Å². The Balaban J connectivity index is 3.40. The summed E-state index contributed by atoms with van der Waals surface area (Å²) in [4.78, 5) is 0. The van der Waals surface area contributed by atoms with Crippen LogP contribution in [-0.2, 0) is 0 Å². The third kappa shape index (κ3) is 1.44. The highest BCUT2D eigenvalue weighted by Gasteiger charge is 1.79. The Kier molecular flexibility index (Phi) is 2.02. The summed E-state index contributed by atoms with van der Waals surface area (Å²) in [5.41, 5.74) is 0. The molecule has 0 saturated heterocycles. The van der Waals surface area contributed by atoms with E-state index in [2.05, 4.69) is 11.8 Å². The van der Waals surface area contributed by atoms with Gasteiger partial charge in [-0.1, -0.05) is 11.8 Å². The summed E-state index contributed by atoms with van der Waals surface area (Å²) in [7, 11) is 0. The second kappa shape index (κ2) is 2.36. The lowest BCUT2D eigenvalue weighted by atomic mass is 10.2. The zero-order chi connectivity index (χ0) is 4.99. The van der Waals surface area contributed by atoms with Crippen molar-refractivity contribution in [1.29, 1.82) is 0 Å². The summed E-state index contributed by atoms with van der Waals surface area (Å²) >= 11 is 0. The van der Waals surface area contributed by atoms with E-state index in [4.69, 9.17) is 12.8 Å². The Bertz CT molecular complexity index is 84.2. The minimum atomic E-state index is -0.00926. The monoisotopic (exact) mass is 78.0 g/mol. The number of hydrogen-bond donors (Lipinski definition) is 0. The Morgan fingerprint density at radius 3 is 1.67 bits per heavy atom. The molecule has 0 aromatic heterocycles. The van der Waals surface area contributed by atoms with E-state index in [0.29, 0.717) is 0 Å². The molecule has 30 valence electrons. The second-order valence-electron chi connectivity index (χ2n) is 1.06. The van der Waals surface area contributed by atoms with Crippen LogP contribution in [0.4, 0.5) is 0 Å². The first-order valence-electron chi connectivity index (χ1n) is 1.73. The van der Waals surface area contributed by atoms with Crippen LogP contribution in [0, 0.1) is 30.6 Å². The van der Waals surface area contributed by atoms with Crippen LogP contribution in [0.3, 0.4) is 0 Å². The third-order valence-electron chi connectivity index (χ3n) is 0.500. The molecule has 0 aliphatic carbocycles. The first kappa shape index (κ1) is 5.12. The minimum absolute atomic E-state index is 0.00926. The van der Waals surface area contributed by atoms with Crippen molar-refractivity contribution in [3.63, 3.8) is 0 Å². The fourth-order valence-electron chi connectivity index (χ4n) is 0.0481. The summed E-state index contributed by atoms with van der Waals surface area (Å²) < 4.78 is 0. The molecule has 0 atom stereocenters. The first-order chi connectivity index (χ1) is 2.81. The van der Waals surface area contributed by atoms with Gasteiger partial charge in [0, 0.05) is 0 Å². The molecule has 0 aliphatic heterocycles. The molecule has 0 aliphatic rings. The fourth-order valence-corrected chi connectivity index (χ4v) is 0.0481. The predicted molar refractivity (Wildman–Crippen MR) is 26.8 cm³/mol. The second-order valence-corrected chi connectivity index (χ2v) is 1.06. The van der Waals surface area contributed by atoms with E-state index < -0.39 is 0 Å². The molecule has 6 heavy (non-hydrogen) atoms. The number of rotatable bonds is 0. The molecule has 0 unspecified atom stereocenters. The van der Waals surface area contributed by atoms with E-state index in [9.17, 15) is 0 Å². The minimum Gasteiger partial charge on any atom is -0.119 e. The standard InChI is InChI=1S/C6H6/c1-4-6(3)5-2/h1-2,6H,3H3. The molecule has 0 heterocycles. The van der Waals surface area contributed by atoms with Gasteiger partial charge in [-0.25, -0.2) is 0 Å². The number of hydrogen-bond acceptors (Lipinski definition) is 0. The van der Waals surface area contributed by atoms with Crippen LogP contribution < -0.4 is 0 Å². The topological polar surface area (TPSA) is 0 Å². The van der Waals surface area contributed by atoms with Crippen molar-refractivity contribution in [3.8, 4) is 24.7 Å². The molecule has 0 nitrogen and oxygen atoms in total. The Morgan fingerprint density at radius 1 is 1.33 bits per heavy atom. The first-order valence-corrected chi connectivity index (χ1v) is 1.73. The predicted octanol–water partition coefficient (Wildman–Crippen LogP) is 0.889. The smallest absolute Gasteiger partial charge is 0.0778 e. The van der Waals surface area contributed by atoms with Crippen LogP contribution in [0.25, 0.3) is 0 Å². The van der Waals surface area contributed by atoms with Gasteiger partial charge in [0.05, 0.1) is 5.92 Å². The van der Waals surface area contributed by atoms with Crippen LogP contribution in [0.15, 0.2) is 0 Å². The lowest BCUT2D eigenvalue weighted by Crippen LogP contribution is -1.78. The van der Waals surface area contributed by atoms with Gasteiger partial charge in [0.1, 0.15) is 0 Å². The van der Waals surface area contributed by atoms with E-state index in [1.807, 2.05) is 0 Å². The molecule has 0 saturated carbocycles. The SMILES string of the molecule is C#CC(C)C#C. The summed E-state index contributed by atoms with van der Waals surface area (Å²) in [6.45, 7) is 1.81. The van der Waals surface area contributed by atoms with Gasteiger partial charge in [0.25, 0.3) is 0 Å². The van der Waals surface area contributed by atoms with Crippen molar-refractivity contribution in [1.82, 2.24) is 0 Å². The van der Waals surface area contributed by atoms with E-state index >= 15 is 0 Å². The van der Waals surface area contributed by atoms with E-state index in [-0.39, 0.29) is 5.92 Å². The van der Waals surface area contributed by atoms with Crippen molar-refractivity contribution < 1.29 is 0 Å².